The van der Waals surface area contributed by atoms with Crippen molar-refractivity contribution in [1.29, 1.82) is 0 Å². The van der Waals surface area contributed by atoms with Gasteiger partial charge in [-0.15, -0.1) is 0 Å². The van der Waals surface area contributed by atoms with Gasteiger partial charge >= 0.3 is 0 Å². The lowest BCUT2D eigenvalue weighted by molar-refractivity contribution is -0.123. The first-order chi connectivity index (χ1) is 15.1. The van der Waals surface area contributed by atoms with Gasteiger partial charge in [0.05, 0.1) is 11.4 Å². The van der Waals surface area contributed by atoms with Gasteiger partial charge in [0.15, 0.2) is 0 Å². The molecule has 2 heterocycles. The summed E-state index contributed by atoms with van der Waals surface area (Å²) in [6, 6.07) is 19.7. The number of hydrogen-bond acceptors (Lipinski definition) is 4. The van der Waals surface area contributed by atoms with E-state index < -0.39 is 0 Å². The predicted octanol–water partition coefficient (Wildman–Crippen LogP) is 6.33. The van der Waals surface area contributed by atoms with Crippen molar-refractivity contribution in [2.24, 2.45) is 0 Å². The van der Waals surface area contributed by atoms with Crippen LogP contribution in [0.25, 0.3) is 16.8 Å². The van der Waals surface area contributed by atoms with Gasteiger partial charge in [0.25, 0.3) is 11.1 Å². The first kappa shape index (κ1) is 20.2. The monoisotopic (exact) mass is 448 g/mol. The number of halogens is 1. The number of amides is 2. The van der Waals surface area contributed by atoms with Crippen LogP contribution in [0.3, 0.4) is 0 Å². The molecule has 2 fully saturated rings. The number of carbonyl (C=O) groups excluding carboxylic acids is 2. The fraction of sp³-hybridized carbons (Fsp3) is 0.200. The number of thioether (sulfide) groups is 1. The van der Waals surface area contributed by atoms with E-state index in [-0.39, 0.29) is 17.7 Å². The van der Waals surface area contributed by atoms with E-state index in [9.17, 15) is 9.59 Å². The first-order valence-corrected chi connectivity index (χ1v) is 11.6. The Labute approximate surface area is 190 Å². The van der Waals surface area contributed by atoms with Gasteiger partial charge < -0.3 is 4.90 Å². The molecule has 0 unspecified atom stereocenters. The molecule has 2 saturated heterocycles. The zero-order chi connectivity index (χ0) is 21.4. The van der Waals surface area contributed by atoms with E-state index in [1.54, 1.807) is 12.1 Å². The second kappa shape index (κ2) is 8.40. The Morgan fingerprint density at radius 2 is 1.61 bits per heavy atom. The van der Waals surface area contributed by atoms with Crippen LogP contribution in [-0.4, -0.2) is 29.1 Å². The molecule has 0 atom stereocenters. The van der Waals surface area contributed by atoms with Gasteiger partial charge in [-0.25, -0.2) is 0 Å². The number of nitrogens with zero attached hydrogens (tertiary/aromatic N) is 2. The quantitative estimate of drug-likeness (QED) is 0.437. The van der Waals surface area contributed by atoms with Gasteiger partial charge in [-0.05, 0) is 65.4 Å². The van der Waals surface area contributed by atoms with Crippen molar-refractivity contribution in [2.45, 2.75) is 19.4 Å². The largest absolute Gasteiger partial charge is 0.371 e. The lowest BCUT2D eigenvalue weighted by Gasteiger charge is -2.20. The molecule has 0 saturated carbocycles. The van der Waals surface area contributed by atoms with Crippen LogP contribution in [0.2, 0.25) is 5.02 Å². The molecule has 2 amide bonds. The van der Waals surface area contributed by atoms with E-state index in [0.717, 1.165) is 41.4 Å². The Morgan fingerprint density at radius 3 is 2.35 bits per heavy atom. The lowest BCUT2D eigenvalue weighted by Crippen LogP contribution is -2.27. The second-order valence-corrected chi connectivity index (χ2v) is 9.24. The summed E-state index contributed by atoms with van der Waals surface area (Å²) in [6.45, 7) is 2.40. The summed E-state index contributed by atoms with van der Waals surface area (Å²) < 4.78 is 0. The Morgan fingerprint density at radius 1 is 0.903 bits per heavy atom. The van der Waals surface area contributed by atoms with Crippen LogP contribution < -0.4 is 4.90 Å². The van der Waals surface area contributed by atoms with Gasteiger partial charge in [-0.2, -0.15) is 0 Å². The van der Waals surface area contributed by atoms with Crippen LogP contribution in [0.15, 0.2) is 65.6 Å². The van der Waals surface area contributed by atoms with Crippen molar-refractivity contribution < 1.29 is 9.59 Å². The normalized spacial score (nSPS) is 18.0. The van der Waals surface area contributed by atoms with Crippen molar-refractivity contribution in [2.75, 3.05) is 18.0 Å². The summed E-state index contributed by atoms with van der Waals surface area (Å²) in [7, 11) is 0. The van der Waals surface area contributed by atoms with Crippen LogP contribution in [-0.2, 0) is 11.3 Å². The van der Waals surface area contributed by atoms with Crippen molar-refractivity contribution in [3.8, 4) is 0 Å². The standard InChI is InChI=1S/C25H21ClN2O2S/c26-19-10-7-17(8-11-19)16-28-24(29)23(31-25(28)30)15-18-9-12-22(27-13-3-4-14-27)21-6-2-1-5-20(18)21/h1-2,5-12,15H,3-4,13-14,16H2/b23-15+. The van der Waals surface area contributed by atoms with Gasteiger partial charge in [-0.3, -0.25) is 14.5 Å². The van der Waals surface area contributed by atoms with Crippen LogP contribution in [0, 0.1) is 0 Å². The number of rotatable bonds is 4. The van der Waals surface area contributed by atoms with Gasteiger partial charge in [0.2, 0.25) is 0 Å². The molecule has 3 aromatic carbocycles. The molecule has 5 rings (SSSR count). The van der Waals surface area contributed by atoms with E-state index in [1.165, 1.54) is 28.8 Å². The summed E-state index contributed by atoms with van der Waals surface area (Å²) in [6.07, 6.45) is 4.29. The lowest BCUT2D eigenvalue weighted by atomic mass is 10.0. The Hall–Kier alpha value is -2.76. The minimum atomic E-state index is -0.252. The third-order valence-corrected chi connectivity index (χ3v) is 6.96. The van der Waals surface area contributed by atoms with Gasteiger partial charge in [0.1, 0.15) is 0 Å². The zero-order valence-corrected chi connectivity index (χ0v) is 18.5. The van der Waals surface area contributed by atoms with Crippen molar-refractivity contribution >= 4 is 57.0 Å². The summed E-state index contributed by atoms with van der Waals surface area (Å²) in [4.78, 5) is 29.7. The number of hydrogen-bond donors (Lipinski definition) is 0. The zero-order valence-electron chi connectivity index (χ0n) is 16.9. The number of carbonyl (C=O) groups is 2. The fourth-order valence-electron chi connectivity index (χ4n) is 4.22. The third kappa shape index (κ3) is 3.95. The highest BCUT2D eigenvalue weighted by atomic mass is 35.5. The Balaban J connectivity index is 1.46. The molecule has 2 aliphatic heterocycles. The van der Waals surface area contributed by atoms with Crippen molar-refractivity contribution in [1.82, 2.24) is 4.90 Å². The summed E-state index contributed by atoms with van der Waals surface area (Å²) in [5, 5.41) is 2.65. The van der Waals surface area contributed by atoms with E-state index in [2.05, 4.69) is 29.2 Å². The number of fused-ring (bicyclic) bond motifs is 1. The maximum atomic E-state index is 13.0. The smallest absolute Gasteiger partial charge is 0.293 e. The van der Waals surface area contributed by atoms with Crippen LogP contribution in [0.5, 0.6) is 0 Å². The molecule has 3 aromatic rings. The van der Waals surface area contributed by atoms with Crippen molar-refractivity contribution in [3.05, 3.63) is 81.7 Å². The Kier molecular flexibility index (Phi) is 5.47. The molecule has 6 heteroatoms. The summed E-state index contributed by atoms with van der Waals surface area (Å²) >= 11 is 6.93. The molecule has 0 aliphatic carbocycles. The highest BCUT2D eigenvalue weighted by Gasteiger charge is 2.35. The highest BCUT2D eigenvalue weighted by molar-refractivity contribution is 8.18. The SMILES string of the molecule is O=C1S/C(=C/c2ccc(N3CCCC3)c3ccccc23)C(=O)N1Cc1ccc(Cl)cc1. The maximum absolute atomic E-state index is 13.0. The second-order valence-electron chi connectivity index (χ2n) is 7.81. The molecule has 0 bridgehead atoms. The van der Waals surface area contributed by atoms with E-state index in [4.69, 9.17) is 11.6 Å². The van der Waals surface area contributed by atoms with E-state index in [1.807, 2.05) is 30.3 Å². The first-order valence-electron chi connectivity index (χ1n) is 10.4. The molecule has 4 nitrogen and oxygen atoms in total. The molecule has 0 N–H and O–H groups in total. The average Bonchev–Trinajstić information content (AvgIpc) is 3.40. The highest BCUT2D eigenvalue weighted by Crippen LogP contribution is 2.37. The minimum absolute atomic E-state index is 0.244. The van der Waals surface area contributed by atoms with Gasteiger partial charge in [-0.1, -0.05) is 54.1 Å². The minimum Gasteiger partial charge on any atom is -0.371 e. The molecular formula is C25H21ClN2O2S. The van der Waals surface area contributed by atoms with Crippen LogP contribution >= 0.6 is 23.4 Å². The molecule has 31 heavy (non-hydrogen) atoms. The van der Waals surface area contributed by atoms with Gasteiger partial charge in [0, 0.05) is 29.2 Å². The molecule has 0 aromatic heterocycles. The maximum Gasteiger partial charge on any atom is 0.293 e. The van der Waals surface area contributed by atoms with E-state index in [0.29, 0.717) is 9.93 Å². The van der Waals surface area contributed by atoms with Crippen LogP contribution in [0.4, 0.5) is 10.5 Å². The third-order valence-electron chi connectivity index (χ3n) is 5.80. The molecule has 0 spiro atoms. The fourth-order valence-corrected chi connectivity index (χ4v) is 5.17. The number of imide groups is 1. The molecule has 2 aliphatic rings. The van der Waals surface area contributed by atoms with Crippen LogP contribution in [0.1, 0.15) is 24.0 Å². The molecular weight excluding hydrogens is 428 g/mol. The average molecular weight is 449 g/mol. The van der Waals surface area contributed by atoms with E-state index >= 15 is 0 Å². The topological polar surface area (TPSA) is 40.6 Å². The Bertz CT molecular complexity index is 1200. The summed E-state index contributed by atoms with van der Waals surface area (Å²) in [5.74, 6) is -0.252. The molecule has 0 radical (unpaired) electrons. The number of benzene rings is 3. The molecule has 156 valence electrons. The number of anilines is 1. The predicted molar refractivity (Wildman–Crippen MR) is 128 cm³/mol. The van der Waals surface area contributed by atoms with Crippen molar-refractivity contribution in [3.63, 3.8) is 0 Å². The summed E-state index contributed by atoms with van der Waals surface area (Å²) in [5.41, 5.74) is 3.06.